The number of esters is 1. The molecule has 0 bridgehead atoms. The van der Waals surface area contributed by atoms with Gasteiger partial charge in [-0.1, -0.05) is 29.8 Å². The van der Waals surface area contributed by atoms with Gasteiger partial charge in [0.2, 0.25) is 0 Å². The van der Waals surface area contributed by atoms with E-state index in [2.05, 4.69) is 5.32 Å². The zero-order chi connectivity index (χ0) is 21.1. The van der Waals surface area contributed by atoms with Crippen molar-refractivity contribution in [2.45, 2.75) is 13.8 Å². The summed E-state index contributed by atoms with van der Waals surface area (Å²) < 4.78 is 4.93. The molecule has 3 rings (SSSR count). The lowest BCUT2D eigenvalue weighted by atomic mass is 9.97. The average molecular weight is 410 g/mol. The summed E-state index contributed by atoms with van der Waals surface area (Å²) >= 11 is 1.20. The number of nitro benzene ring substituents is 1. The second kappa shape index (κ2) is 8.24. The number of anilines is 1. The molecule has 2 aromatic carbocycles. The SMILES string of the molecule is COC(=O)c1c(-c2cc(C)ccc2C)csc1NC(=O)c1cccc([N+](=O)[O-])c1. The minimum absolute atomic E-state index is 0.122. The fourth-order valence-electron chi connectivity index (χ4n) is 2.91. The number of methoxy groups -OCH3 is 1. The maximum absolute atomic E-state index is 12.6. The van der Waals surface area contributed by atoms with Gasteiger partial charge in [-0.2, -0.15) is 0 Å². The number of nitro groups is 1. The number of hydrogen-bond acceptors (Lipinski definition) is 6. The zero-order valence-corrected chi connectivity index (χ0v) is 16.8. The smallest absolute Gasteiger partial charge is 0.341 e. The number of ether oxygens (including phenoxy) is 1. The van der Waals surface area contributed by atoms with Crippen LogP contribution in [0.3, 0.4) is 0 Å². The Labute approximate surface area is 171 Å². The van der Waals surface area contributed by atoms with Gasteiger partial charge in [-0.25, -0.2) is 4.79 Å². The van der Waals surface area contributed by atoms with Crippen molar-refractivity contribution in [3.8, 4) is 11.1 Å². The molecular formula is C21H18N2O5S. The number of rotatable bonds is 5. The topological polar surface area (TPSA) is 98.5 Å². The first-order chi connectivity index (χ1) is 13.8. The highest BCUT2D eigenvalue weighted by Gasteiger charge is 2.24. The van der Waals surface area contributed by atoms with Crippen LogP contribution in [0.5, 0.6) is 0 Å². The van der Waals surface area contributed by atoms with Gasteiger partial charge in [0.1, 0.15) is 10.6 Å². The van der Waals surface area contributed by atoms with E-state index in [1.54, 1.807) is 5.38 Å². The van der Waals surface area contributed by atoms with Gasteiger partial charge in [-0.15, -0.1) is 11.3 Å². The van der Waals surface area contributed by atoms with E-state index < -0.39 is 16.8 Å². The standard InChI is InChI=1S/C21H18N2O5S/c1-12-7-8-13(2)16(9-12)17-11-29-20(18(17)21(25)28-3)22-19(24)14-5-4-6-15(10-14)23(26)27/h4-11H,1-3H3,(H,22,24). The van der Waals surface area contributed by atoms with E-state index in [1.165, 1.54) is 42.7 Å². The first-order valence-corrected chi connectivity index (χ1v) is 9.53. The lowest BCUT2D eigenvalue weighted by Crippen LogP contribution is -2.14. The quantitative estimate of drug-likeness (QED) is 0.363. The van der Waals surface area contributed by atoms with Crippen LogP contribution in [0.2, 0.25) is 0 Å². The van der Waals surface area contributed by atoms with Gasteiger partial charge in [0, 0.05) is 28.6 Å². The summed E-state index contributed by atoms with van der Waals surface area (Å²) in [4.78, 5) is 35.5. The van der Waals surface area contributed by atoms with E-state index in [4.69, 9.17) is 4.74 Å². The molecule has 0 aliphatic heterocycles. The largest absolute Gasteiger partial charge is 0.465 e. The lowest BCUT2D eigenvalue weighted by molar-refractivity contribution is -0.384. The van der Waals surface area contributed by atoms with Crippen molar-refractivity contribution in [3.05, 3.63) is 80.2 Å². The maximum Gasteiger partial charge on any atom is 0.341 e. The molecule has 0 fully saturated rings. The summed E-state index contributed by atoms with van der Waals surface area (Å²) in [5.74, 6) is -1.12. The highest BCUT2D eigenvalue weighted by atomic mass is 32.1. The molecular weight excluding hydrogens is 392 g/mol. The van der Waals surface area contributed by atoms with Crippen molar-refractivity contribution in [1.82, 2.24) is 0 Å². The summed E-state index contributed by atoms with van der Waals surface area (Å²) in [5, 5.41) is 15.8. The molecule has 148 valence electrons. The van der Waals surface area contributed by atoms with Crippen LogP contribution in [-0.4, -0.2) is 23.9 Å². The highest BCUT2D eigenvalue weighted by Crippen LogP contribution is 2.38. The zero-order valence-electron chi connectivity index (χ0n) is 16.0. The van der Waals surface area contributed by atoms with E-state index in [9.17, 15) is 19.7 Å². The minimum Gasteiger partial charge on any atom is -0.465 e. The lowest BCUT2D eigenvalue weighted by Gasteiger charge is -2.10. The van der Waals surface area contributed by atoms with Crippen LogP contribution >= 0.6 is 11.3 Å². The van der Waals surface area contributed by atoms with E-state index >= 15 is 0 Å². The molecule has 0 saturated carbocycles. The van der Waals surface area contributed by atoms with Crippen LogP contribution in [-0.2, 0) is 4.74 Å². The van der Waals surface area contributed by atoms with Gasteiger partial charge >= 0.3 is 5.97 Å². The molecule has 29 heavy (non-hydrogen) atoms. The number of nitrogens with zero attached hydrogens (tertiary/aromatic N) is 1. The predicted octanol–water partition coefficient (Wildman–Crippen LogP) is 4.98. The number of amides is 1. The van der Waals surface area contributed by atoms with Crippen molar-refractivity contribution in [3.63, 3.8) is 0 Å². The first-order valence-electron chi connectivity index (χ1n) is 8.65. The number of aryl methyl sites for hydroxylation is 2. The fourth-order valence-corrected chi connectivity index (χ4v) is 3.86. The van der Waals surface area contributed by atoms with Crippen LogP contribution in [0.25, 0.3) is 11.1 Å². The van der Waals surface area contributed by atoms with Crippen molar-refractivity contribution >= 4 is 33.9 Å². The average Bonchev–Trinajstić information content (AvgIpc) is 3.12. The Kier molecular flexibility index (Phi) is 5.74. The van der Waals surface area contributed by atoms with Crippen LogP contribution in [0.1, 0.15) is 31.8 Å². The molecule has 1 aromatic heterocycles. The second-order valence-corrected chi connectivity index (χ2v) is 7.30. The summed E-state index contributed by atoms with van der Waals surface area (Å²) in [6, 6.07) is 11.3. The van der Waals surface area contributed by atoms with E-state index in [0.717, 1.165) is 16.7 Å². The second-order valence-electron chi connectivity index (χ2n) is 6.43. The Bertz CT molecular complexity index is 1120. The third-order valence-corrected chi connectivity index (χ3v) is 5.31. The number of carbonyl (C=O) groups excluding carboxylic acids is 2. The monoisotopic (exact) mass is 410 g/mol. The van der Waals surface area contributed by atoms with Gasteiger partial charge < -0.3 is 10.1 Å². The molecule has 0 unspecified atom stereocenters. The van der Waals surface area contributed by atoms with E-state index in [0.29, 0.717) is 10.6 Å². The molecule has 0 spiro atoms. The summed E-state index contributed by atoms with van der Waals surface area (Å²) in [6.07, 6.45) is 0. The first kappa shape index (κ1) is 20.2. The molecule has 0 radical (unpaired) electrons. The molecule has 0 saturated heterocycles. The fraction of sp³-hybridized carbons (Fsp3) is 0.143. The van der Waals surface area contributed by atoms with Crippen LogP contribution in [0.4, 0.5) is 10.7 Å². The Hall–Kier alpha value is -3.52. The molecule has 0 atom stereocenters. The molecule has 8 heteroatoms. The number of carbonyl (C=O) groups is 2. The van der Waals surface area contributed by atoms with Crippen LogP contribution in [0.15, 0.2) is 47.8 Å². The highest BCUT2D eigenvalue weighted by molar-refractivity contribution is 7.15. The van der Waals surface area contributed by atoms with Gasteiger partial charge in [0.15, 0.2) is 0 Å². The Morgan fingerprint density at radius 3 is 2.55 bits per heavy atom. The molecule has 3 aromatic rings. The van der Waals surface area contributed by atoms with Gasteiger partial charge in [-0.3, -0.25) is 14.9 Å². The molecule has 7 nitrogen and oxygen atoms in total. The van der Waals surface area contributed by atoms with Crippen molar-refractivity contribution in [2.75, 3.05) is 12.4 Å². The van der Waals surface area contributed by atoms with Gasteiger partial charge in [0.25, 0.3) is 11.6 Å². The van der Waals surface area contributed by atoms with Gasteiger partial charge in [-0.05, 0) is 31.0 Å². The summed E-state index contributed by atoms with van der Waals surface area (Å²) in [6.45, 7) is 3.90. The van der Waals surface area contributed by atoms with Crippen molar-refractivity contribution in [2.24, 2.45) is 0 Å². The third kappa shape index (κ3) is 4.17. The third-order valence-electron chi connectivity index (χ3n) is 4.41. The number of hydrogen-bond donors (Lipinski definition) is 1. The molecule has 1 N–H and O–H groups in total. The van der Waals surface area contributed by atoms with Crippen LogP contribution in [0, 0.1) is 24.0 Å². The molecule has 1 heterocycles. The van der Waals surface area contributed by atoms with Crippen molar-refractivity contribution < 1.29 is 19.2 Å². The predicted molar refractivity (Wildman–Crippen MR) is 112 cm³/mol. The number of thiophene rings is 1. The van der Waals surface area contributed by atoms with Crippen LogP contribution < -0.4 is 5.32 Å². The number of non-ortho nitro benzene ring substituents is 1. The molecule has 0 aliphatic carbocycles. The van der Waals surface area contributed by atoms with Gasteiger partial charge in [0.05, 0.1) is 12.0 Å². The van der Waals surface area contributed by atoms with E-state index in [1.807, 2.05) is 32.0 Å². The normalized spacial score (nSPS) is 10.4. The maximum atomic E-state index is 12.6. The summed E-state index contributed by atoms with van der Waals surface area (Å²) in [5.41, 5.74) is 3.74. The number of nitrogens with one attached hydrogen (secondary N) is 1. The van der Waals surface area contributed by atoms with Crippen molar-refractivity contribution in [1.29, 1.82) is 0 Å². The Morgan fingerprint density at radius 1 is 1.10 bits per heavy atom. The number of benzene rings is 2. The molecule has 0 aliphatic rings. The minimum atomic E-state index is -0.573. The summed E-state index contributed by atoms with van der Waals surface area (Å²) in [7, 11) is 1.28. The Morgan fingerprint density at radius 2 is 1.86 bits per heavy atom. The van der Waals surface area contributed by atoms with E-state index in [-0.39, 0.29) is 16.8 Å². The Balaban J connectivity index is 2.02. The molecule has 1 amide bonds.